The molecule has 7 rings (SSSR count). The van der Waals surface area contributed by atoms with Gasteiger partial charge in [0.2, 0.25) is 0 Å². The van der Waals surface area contributed by atoms with E-state index in [2.05, 4.69) is 11.8 Å². The standard InChI is InChI=1S/C24H37NO7/c1-4-25-9-21(10-29-2)6-5-15(26)23-13-7-12-14(30-3)8-22(16(13)17(12)27)24(20(23)25,32-11-31-22)19(28)18(21)23/h12-20,26-28H,4-11H2,1-3H3. The number of likely N-dealkylation sites (tertiary alicyclic amines) is 1. The van der Waals surface area contributed by atoms with Gasteiger partial charge in [0, 0.05) is 55.8 Å². The van der Waals surface area contributed by atoms with E-state index >= 15 is 0 Å². The van der Waals surface area contributed by atoms with Gasteiger partial charge in [-0.15, -0.1) is 0 Å². The van der Waals surface area contributed by atoms with Crippen molar-refractivity contribution in [2.24, 2.45) is 34.5 Å². The average molecular weight is 452 g/mol. The van der Waals surface area contributed by atoms with Crippen molar-refractivity contribution < 1.29 is 34.3 Å². The van der Waals surface area contributed by atoms with E-state index in [4.69, 9.17) is 18.9 Å². The van der Waals surface area contributed by atoms with Crippen LogP contribution in [-0.2, 0) is 18.9 Å². The Morgan fingerprint density at radius 2 is 1.97 bits per heavy atom. The third-order valence-corrected chi connectivity index (χ3v) is 11.6. The first kappa shape index (κ1) is 21.0. The number of hydrogen-bond donors (Lipinski definition) is 3. The monoisotopic (exact) mass is 451 g/mol. The van der Waals surface area contributed by atoms with Gasteiger partial charge >= 0.3 is 0 Å². The van der Waals surface area contributed by atoms with Crippen LogP contribution in [0.15, 0.2) is 0 Å². The fourth-order valence-electron chi connectivity index (χ4n) is 11.1. The highest BCUT2D eigenvalue weighted by Gasteiger charge is 2.93. The van der Waals surface area contributed by atoms with E-state index in [1.54, 1.807) is 14.2 Å². The van der Waals surface area contributed by atoms with Gasteiger partial charge in [-0.1, -0.05) is 6.92 Å². The van der Waals surface area contributed by atoms with Gasteiger partial charge < -0.3 is 34.3 Å². The summed E-state index contributed by atoms with van der Waals surface area (Å²) >= 11 is 0. The van der Waals surface area contributed by atoms with E-state index in [-0.39, 0.29) is 48.0 Å². The van der Waals surface area contributed by atoms with E-state index in [1.165, 1.54) is 0 Å². The molecule has 0 aromatic carbocycles. The number of piperidine rings is 1. The Morgan fingerprint density at radius 3 is 2.69 bits per heavy atom. The van der Waals surface area contributed by atoms with E-state index in [0.717, 1.165) is 25.9 Å². The van der Waals surface area contributed by atoms with Gasteiger partial charge in [-0.2, -0.15) is 0 Å². The second-order valence-corrected chi connectivity index (χ2v) is 11.8. The molecular weight excluding hydrogens is 414 g/mol. The van der Waals surface area contributed by atoms with Crippen molar-refractivity contribution in [3.63, 3.8) is 0 Å². The molecule has 0 aromatic rings. The molecule has 2 heterocycles. The fraction of sp³-hybridized carbons (Fsp3) is 1.00. The first-order valence-corrected chi connectivity index (χ1v) is 12.5. The minimum atomic E-state index is -0.983. The Hall–Kier alpha value is -0.320. The molecule has 0 amide bonds. The van der Waals surface area contributed by atoms with Crippen LogP contribution in [-0.4, -0.2) is 103 Å². The molecule has 3 spiro atoms. The quantitative estimate of drug-likeness (QED) is 0.549. The number of nitrogens with zero attached hydrogens (tertiary/aromatic N) is 1. The second kappa shape index (κ2) is 6.26. The molecule has 7 fully saturated rings. The molecule has 7 bridgehead atoms. The number of likely N-dealkylation sites (N-methyl/N-ethyl adjacent to an activating group) is 1. The predicted molar refractivity (Wildman–Crippen MR) is 112 cm³/mol. The minimum absolute atomic E-state index is 0.0227. The molecule has 0 radical (unpaired) electrons. The Morgan fingerprint density at radius 1 is 1.16 bits per heavy atom. The van der Waals surface area contributed by atoms with Gasteiger partial charge in [0.15, 0.2) is 0 Å². The number of aliphatic hydroxyl groups excluding tert-OH is 3. The molecule has 5 aliphatic carbocycles. The number of aliphatic hydroxyl groups is 3. The maximum atomic E-state index is 12.3. The Balaban J connectivity index is 1.55. The number of ether oxygens (including phenoxy) is 4. The predicted octanol–water partition coefficient (Wildman–Crippen LogP) is -0.0175. The van der Waals surface area contributed by atoms with E-state index in [1.807, 2.05) is 0 Å². The van der Waals surface area contributed by atoms with Crippen molar-refractivity contribution in [2.45, 2.75) is 74.3 Å². The largest absolute Gasteiger partial charge is 0.392 e. The zero-order valence-corrected chi connectivity index (χ0v) is 19.3. The van der Waals surface area contributed by atoms with Crippen molar-refractivity contribution in [1.82, 2.24) is 4.90 Å². The van der Waals surface area contributed by atoms with Crippen molar-refractivity contribution in [2.75, 3.05) is 40.7 Å². The van der Waals surface area contributed by atoms with Crippen molar-refractivity contribution in [3.05, 3.63) is 0 Å². The lowest BCUT2D eigenvalue weighted by Gasteiger charge is -2.69. The van der Waals surface area contributed by atoms with E-state index in [0.29, 0.717) is 19.4 Å². The molecule has 2 saturated heterocycles. The summed E-state index contributed by atoms with van der Waals surface area (Å²) in [5.74, 6) is -0.241. The SMILES string of the molecule is CCN1CC2(COC)CCC(O)C34C5CC6C(OC)CC7(OCOC7(C(O)C23)C14)C5C6O. The average Bonchev–Trinajstić information content (AvgIpc) is 3.33. The molecule has 3 N–H and O–H groups in total. The van der Waals surface area contributed by atoms with Gasteiger partial charge in [0.1, 0.15) is 18.0 Å². The lowest BCUT2D eigenvalue weighted by Crippen LogP contribution is -2.81. The van der Waals surface area contributed by atoms with Crippen LogP contribution < -0.4 is 0 Å². The van der Waals surface area contributed by atoms with Crippen LogP contribution >= 0.6 is 0 Å². The summed E-state index contributed by atoms with van der Waals surface area (Å²) in [5.41, 5.74) is -2.60. The van der Waals surface area contributed by atoms with Crippen LogP contribution in [0.2, 0.25) is 0 Å². The highest BCUT2D eigenvalue weighted by atomic mass is 16.7. The van der Waals surface area contributed by atoms with Crippen molar-refractivity contribution in [3.8, 4) is 0 Å². The summed E-state index contributed by atoms with van der Waals surface area (Å²) in [6.07, 6.45) is 0.868. The maximum absolute atomic E-state index is 12.3. The van der Waals surface area contributed by atoms with Crippen LogP contribution in [0.4, 0.5) is 0 Å². The molecule has 7 aliphatic rings. The summed E-state index contributed by atoms with van der Waals surface area (Å²) in [6.45, 7) is 4.47. The van der Waals surface area contributed by atoms with Crippen LogP contribution in [0, 0.1) is 34.5 Å². The summed E-state index contributed by atoms with van der Waals surface area (Å²) in [7, 11) is 3.45. The Labute approximate surface area is 189 Å². The first-order chi connectivity index (χ1) is 15.4. The molecule has 8 heteroatoms. The lowest BCUT2D eigenvalue weighted by molar-refractivity contribution is -0.282. The molecule has 32 heavy (non-hydrogen) atoms. The molecule has 5 saturated carbocycles. The van der Waals surface area contributed by atoms with Gasteiger partial charge in [0.05, 0.1) is 37.1 Å². The first-order valence-electron chi connectivity index (χ1n) is 12.5. The highest BCUT2D eigenvalue weighted by Crippen LogP contribution is 2.81. The normalized spacial score (nSPS) is 64.1. The maximum Gasteiger partial charge on any atom is 0.148 e. The van der Waals surface area contributed by atoms with Gasteiger partial charge in [-0.25, -0.2) is 0 Å². The molecule has 2 aliphatic heterocycles. The number of fused-ring (bicyclic) bond motifs is 1. The van der Waals surface area contributed by atoms with E-state index in [9.17, 15) is 15.3 Å². The van der Waals surface area contributed by atoms with Crippen molar-refractivity contribution in [1.29, 1.82) is 0 Å². The summed E-state index contributed by atoms with van der Waals surface area (Å²) in [6, 6.07) is -0.148. The van der Waals surface area contributed by atoms with Gasteiger partial charge in [0.25, 0.3) is 0 Å². The third kappa shape index (κ3) is 1.79. The van der Waals surface area contributed by atoms with Crippen LogP contribution in [0.5, 0.6) is 0 Å². The molecule has 180 valence electrons. The van der Waals surface area contributed by atoms with Crippen LogP contribution in [0.3, 0.4) is 0 Å². The summed E-state index contributed by atoms with van der Waals surface area (Å²) in [4.78, 5) is 2.46. The summed E-state index contributed by atoms with van der Waals surface area (Å²) < 4.78 is 24.9. The molecule has 0 aromatic heterocycles. The summed E-state index contributed by atoms with van der Waals surface area (Å²) in [5, 5.41) is 35.9. The molecular formula is C24H37NO7. The Kier molecular flexibility index (Phi) is 4.11. The third-order valence-electron chi connectivity index (χ3n) is 11.6. The highest BCUT2D eigenvalue weighted by molar-refractivity contribution is 5.42. The molecule has 8 nitrogen and oxygen atoms in total. The minimum Gasteiger partial charge on any atom is -0.392 e. The van der Waals surface area contributed by atoms with Gasteiger partial charge in [-0.3, -0.25) is 4.90 Å². The van der Waals surface area contributed by atoms with Crippen LogP contribution in [0.1, 0.15) is 32.6 Å². The molecule has 13 atom stereocenters. The van der Waals surface area contributed by atoms with Gasteiger partial charge in [-0.05, 0) is 31.7 Å². The lowest BCUT2D eigenvalue weighted by atomic mass is 9.42. The molecule has 13 unspecified atom stereocenters. The second-order valence-electron chi connectivity index (χ2n) is 11.8. The number of hydrogen-bond acceptors (Lipinski definition) is 8. The fourth-order valence-corrected chi connectivity index (χ4v) is 11.1. The smallest absolute Gasteiger partial charge is 0.148 e. The Bertz CT molecular complexity index is 828. The number of rotatable bonds is 4. The topological polar surface area (TPSA) is 101 Å². The van der Waals surface area contributed by atoms with E-state index < -0.39 is 34.9 Å². The van der Waals surface area contributed by atoms with Crippen LogP contribution in [0.25, 0.3) is 0 Å². The number of methoxy groups -OCH3 is 2. The zero-order valence-electron chi connectivity index (χ0n) is 19.3. The van der Waals surface area contributed by atoms with Crippen molar-refractivity contribution >= 4 is 0 Å². The zero-order chi connectivity index (χ0) is 22.3.